The third-order valence-corrected chi connectivity index (χ3v) is 8.93. The predicted octanol–water partition coefficient (Wildman–Crippen LogP) is 7.76. The molecule has 0 radical (unpaired) electrons. The first-order valence-corrected chi connectivity index (χ1v) is 16.7. The van der Waals surface area contributed by atoms with Gasteiger partial charge in [0.2, 0.25) is 0 Å². The number of rotatable bonds is 13. The van der Waals surface area contributed by atoms with Crippen LogP contribution in [0, 0.1) is 0 Å². The van der Waals surface area contributed by atoms with E-state index in [1.165, 1.54) is 11.8 Å². The molecule has 8 heteroatoms. The summed E-state index contributed by atoms with van der Waals surface area (Å²) in [6.45, 7) is 0.612. The Bertz CT molecular complexity index is 1710. The van der Waals surface area contributed by atoms with E-state index >= 15 is 0 Å². The van der Waals surface area contributed by atoms with Gasteiger partial charge in [0.15, 0.2) is 12.2 Å². The van der Waals surface area contributed by atoms with Gasteiger partial charge >= 0.3 is 11.9 Å². The van der Waals surface area contributed by atoms with Crippen LogP contribution in [0.1, 0.15) is 31.8 Å². The van der Waals surface area contributed by atoms with Gasteiger partial charge in [-0.15, -0.1) is 0 Å². The van der Waals surface area contributed by atoms with Crippen molar-refractivity contribution in [3.8, 4) is 0 Å². The Morgan fingerprint density at radius 3 is 1.54 bits per heavy atom. The lowest BCUT2D eigenvalue weighted by Crippen LogP contribution is -2.61. The van der Waals surface area contributed by atoms with Gasteiger partial charge in [-0.05, 0) is 47.5 Å². The number of carbonyl (C=O) groups is 2. The van der Waals surface area contributed by atoms with E-state index in [1.807, 2.05) is 103 Å². The molecule has 0 bridgehead atoms. The maximum Gasteiger partial charge on any atom is 0.338 e. The van der Waals surface area contributed by atoms with Crippen LogP contribution in [0.3, 0.4) is 0 Å². The smallest absolute Gasteiger partial charge is 0.338 e. The van der Waals surface area contributed by atoms with Crippen LogP contribution >= 0.6 is 11.8 Å². The Balaban J connectivity index is 1.36. The maximum atomic E-state index is 13.6. The van der Waals surface area contributed by atoms with E-state index in [4.69, 9.17) is 23.7 Å². The fourth-order valence-corrected chi connectivity index (χ4v) is 6.49. The fourth-order valence-electron chi connectivity index (χ4n) is 5.36. The number of benzene rings is 5. The van der Waals surface area contributed by atoms with Gasteiger partial charge in [0.25, 0.3) is 0 Å². The number of esters is 2. The molecule has 244 valence electrons. The molecule has 3 unspecified atom stereocenters. The molecule has 1 saturated heterocycles. The Labute approximate surface area is 284 Å². The first kappa shape index (κ1) is 33.2. The lowest BCUT2D eigenvalue weighted by atomic mass is 9.98. The highest BCUT2D eigenvalue weighted by atomic mass is 32.2. The third-order valence-electron chi connectivity index (χ3n) is 7.77. The van der Waals surface area contributed by atoms with Crippen LogP contribution in [0.15, 0.2) is 157 Å². The maximum absolute atomic E-state index is 13.6. The van der Waals surface area contributed by atoms with Crippen molar-refractivity contribution in [2.24, 2.45) is 0 Å². The number of hydrogen-bond acceptors (Lipinski definition) is 8. The molecule has 7 nitrogen and oxygen atoms in total. The van der Waals surface area contributed by atoms with Crippen LogP contribution in [0.4, 0.5) is 0 Å². The van der Waals surface area contributed by atoms with Gasteiger partial charge < -0.3 is 23.7 Å². The minimum atomic E-state index is -0.988. The summed E-state index contributed by atoms with van der Waals surface area (Å²) < 4.78 is 32.0. The van der Waals surface area contributed by atoms with Crippen molar-refractivity contribution >= 4 is 23.7 Å². The Hall–Kier alpha value is -4.73. The van der Waals surface area contributed by atoms with Crippen molar-refractivity contribution < 1.29 is 33.3 Å². The van der Waals surface area contributed by atoms with Crippen LogP contribution in [0.25, 0.3) is 0 Å². The van der Waals surface area contributed by atoms with E-state index < -0.39 is 41.8 Å². The van der Waals surface area contributed by atoms with Crippen molar-refractivity contribution in [2.45, 2.75) is 48.0 Å². The monoisotopic (exact) mass is 660 g/mol. The molecule has 5 aromatic rings. The molecule has 0 N–H and O–H groups in total. The molecular weight excluding hydrogens is 625 g/mol. The summed E-state index contributed by atoms with van der Waals surface area (Å²) in [6.07, 6.45) is -3.62. The first-order valence-electron chi connectivity index (χ1n) is 15.8. The van der Waals surface area contributed by atoms with Crippen molar-refractivity contribution in [1.29, 1.82) is 0 Å². The molecule has 5 aromatic carbocycles. The second-order valence-corrected chi connectivity index (χ2v) is 12.4. The molecular formula is C40H36O7S. The molecule has 0 amide bonds. The zero-order valence-electron chi connectivity index (χ0n) is 26.2. The summed E-state index contributed by atoms with van der Waals surface area (Å²) >= 11 is 1.41. The molecule has 0 aromatic heterocycles. The average molecular weight is 661 g/mol. The SMILES string of the molecule is O=C(OC1C(OCc2ccccc2)[C@H](OC(=O)c2ccccc2)C(COCc2ccccc2)O[C@@H]1Sc1ccccc1)c1ccccc1. The number of ether oxygens (including phenoxy) is 5. The molecule has 1 aliphatic heterocycles. The summed E-state index contributed by atoms with van der Waals surface area (Å²) in [5, 5.41) is 0. The van der Waals surface area contributed by atoms with Gasteiger partial charge in [-0.1, -0.05) is 127 Å². The highest BCUT2D eigenvalue weighted by Gasteiger charge is 2.51. The van der Waals surface area contributed by atoms with Crippen LogP contribution in [0.5, 0.6) is 0 Å². The van der Waals surface area contributed by atoms with Crippen LogP contribution in [0.2, 0.25) is 0 Å². The average Bonchev–Trinajstić information content (AvgIpc) is 3.14. The second kappa shape index (κ2) is 16.9. The molecule has 0 spiro atoms. The molecule has 5 atom stereocenters. The van der Waals surface area contributed by atoms with Crippen molar-refractivity contribution in [1.82, 2.24) is 0 Å². The summed E-state index contributed by atoms with van der Waals surface area (Å²) in [4.78, 5) is 28.1. The van der Waals surface area contributed by atoms with E-state index in [-0.39, 0.29) is 13.2 Å². The van der Waals surface area contributed by atoms with Crippen molar-refractivity contribution in [3.05, 3.63) is 174 Å². The van der Waals surface area contributed by atoms with Crippen LogP contribution < -0.4 is 0 Å². The molecule has 6 rings (SSSR count). The number of hydrogen-bond donors (Lipinski definition) is 0. The van der Waals surface area contributed by atoms with E-state index in [0.29, 0.717) is 17.7 Å². The van der Waals surface area contributed by atoms with Gasteiger partial charge in [0.05, 0.1) is 30.9 Å². The minimum Gasteiger partial charge on any atom is -0.453 e. The Morgan fingerprint density at radius 1 is 0.542 bits per heavy atom. The number of carbonyl (C=O) groups excluding carboxylic acids is 2. The highest BCUT2D eigenvalue weighted by Crippen LogP contribution is 2.38. The quantitative estimate of drug-likeness (QED) is 0.119. The second-order valence-electron chi connectivity index (χ2n) is 11.2. The molecule has 0 aliphatic carbocycles. The van der Waals surface area contributed by atoms with Gasteiger partial charge in [0, 0.05) is 4.90 Å². The van der Waals surface area contributed by atoms with Crippen molar-refractivity contribution in [2.75, 3.05) is 6.61 Å². The van der Waals surface area contributed by atoms with Gasteiger partial charge in [0.1, 0.15) is 17.6 Å². The molecule has 1 aliphatic rings. The van der Waals surface area contributed by atoms with Crippen LogP contribution in [-0.2, 0) is 36.9 Å². The summed E-state index contributed by atoms with van der Waals surface area (Å²) in [6, 6.07) is 46.7. The topological polar surface area (TPSA) is 80.3 Å². The first-order chi connectivity index (χ1) is 23.6. The summed E-state index contributed by atoms with van der Waals surface area (Å²) in [5.41, 5.74) is 1.94. The lowest BCUT2D eigenvalue weighted by molar-refractivity contribution is -0.227. The fraction of sp³-hybridized carbons (Fsp3) is 0.200. The predicted molar refractivity (Wildman–Crippen MR) is 183 cm³/mol. The Morgan fingerprint density at radius 2 is 1.00 bits per heavy atom. The van der Waals surface area contributed by atoms with Gasteiger partial charge in [-0.3, -0.25) is 0 Å². The number of thioether (sulfide) groups is 1. The van der Waals surface area contributed by atoms with E-state index in [9.17, 15) is 9.59 Å². The largest absolute Gasteiger partial charge is 0.453 e. The van der Waals surface area contributed by atoms with Crippen molar-refractivity contribution in [3.63, 3.8) is 0 Å². The molecule has 48 heavy (non-hydrogen) atoms. The summed E-state index contributed by atoms with van der Waals surface area (Å²) in [5.74, 6) is -1.09. The van der Waals surface area contributed by atoms with E-state index in [2.05, 4.69) is 0 Å². The Kier molecular flexibility index (Phi) is 11.7. The van der Waals surface area contributed by atoms with Gasteiger partial charge in [-0.2, -0.15) is 0 Å². The highest BCUT2D eigenvalue weighted by molar-refractivity contribution is 7.99. The van der Waals surface area contributed by atoms with Gasteiger partial charge in [-0.25, -0.2) is 9.59 Å². The molecule has 1 heterocycles. The molecule has 0 saturated carbocycles. The zero-order chi connectivity index (χ0) is 33.0. The normalized spacial score (nSPS) is 20.5. The van der Waals surface area contributed by atoms with E-state index in [0.717, 1.165) is 16.0 Å². The standard InChI is InChI=1S/C40H36O7S/c41-38(31-20-10-3-11-21-31)46-35-34(28-43-26-29-16-6-1-7-17-29)45-40(48-33-24-14-5-15-25-33)37(47-39(42)32-22-12-4-13-23-32)36(35)44-27-30-18-8-2-9-19-30/h1-25,34-37,40H,26-28H2/t34?,35-,36?,37?,40-/m1/s1. The summed E-state index contributed by atoms with van der Waals surface area (Å²) in [7, 11) is 0. The lowest BCUT2D eigenvalue weighted by Gasteiger charge is -2.45. The third kappa shape index (κ3) is 8.99. The van der Waals surface area contributed by atoms with Crippen LogP contribution in [-0.4, -0.2) is 48.4 Å². The minimum absolute atomic E-state index is 0.0953. The molecule has 1 fully saturated rings. The van der Waals surface area contributed by atoms with E-state index in [1.54, 1.807) is 48.5 Å². The zero-order valence-corrected chi connectivity index (χ0v) is 27.0.